The second-order valence-corrected chi connectivity index (χ2v) is 6.61. The molecule has 19 heavy (non-hydrogen) atoms. The fourth-order valence-electron chi connectivity index (χ4n) is 2.02. The summed E-state index contributed by atoms with van der Waals surface area (Å²) in [5.41, 5.74) is 1.54. The van der Waals surface area contributed by atoms with Crippen LogP contribution in [0.3, 0.4) is 0 Å². The summed E-state index contributed by atoms with van der Waals surface area (Å²) in [6.07, 6.45) is 0.802. The minimum atomic E-state index is -3.29. The van der Waals surface area contributed by atoms with Crippen molar-refractivity contribution in [2.75, 3.05) is 6.54 Å². The van der Waals surface area contributed by atoms with E-state index in [1.807, 2.05) is 20.8 Å². The maximum atomic E-state index is 12.4. The standard InChI is InChI=1S/C14H23NO3S/c1-4-12(3)15(5-2)19(17,18)11-14-8-6-13(10-16)7-9-14/h6-9,12,16H,4-5,10-11H2,1-3H3. The van der Waals surface area contributed by atoms with Crippen molar-refractivity contribution in [3.8, 4) is 0 Å². The van der Waals surface area contributed by atoms with Gasteiger partial charge in [0.1, 0.15) is 0 Å². The number of hydrogen-bond donors (Lipinski definition) is 1. The third-order valence-corrected chi connectivity index (χ3v) is 5.34. The second kappa shape index (κ2) is 7.03. The summed E-state index contributed by atoms with van der Waals surface area (Å²) in [5.74, 6) is 0.0108. The van der Waals surface area contributed by atoms with Crippen molar-refractivity contribution in [3.63, 3.8) is 0 Å². The van der Waals surface area contributed by atoms with Crippen LogP contribution in [0.15, 0.2) is 24.3 Å². The topological polar surface area (TPSA) is 57.6 Å². The Hall–Kier alpha value is -0.910. The summed E-state index contributed by atoms with van der Waals surface area (Å²) in [6.45, 7) is 6.24. The molecule has 108 valence electrons. The van der Waals surface area contributed by atoms with Crippen molar-refractivity contribution in [2.24, 2.45) is 0 Å². The van der Waals surface area contributed by atoms with Gasteiger partial charge in [0.05, 0.1) is 12.4 Å². The van der Waals surface area contributed by atoms with E-state index in [9.17, 15) is 8.42 Å². The van der Waals surface area contributed by atoms with Gasteiger partial charge in [-0.3, -0.25) is 0 Å². The molecular formula is C14H23NO3S. The number of aliphatic hydroxyl groups is 1. The van der Waals surface area contributed by atoms with Crippen molar-refractivity contribution in [1.82, 2.24) is 4.31 Å². The maximum Gasteiger partial charge on any atom is 0.218 e. The lowest BCUT2D eigenvalue weighted by atomic mass is 10.2. The van der Waals surface area contributed by atoms with Crippen molar-refractivity contribution in [3.05, 3.63) is 35.4 Å². The zero-order valence-corrected chi connectivity index (χ0v) is 12.7. The lowest BCUT2D eigenvalue weighted by Gasteiger charge is -2.26. The molecule has 1 N–H and O–H groups in total. The maximum absolute atomic E-state index is 12.4. The third-order valence-electron chi connectivity index (χ3n) is 3.31. The Kier molecular flexibility index (Phi) is 5.97. The van der Waals surface area contributed by atoms with Gasteiger partial charge in [-0.1, -0.05) is 38.1 Å². The summed E-state index contributed by atoms with van der Waals surface area (Å²) < 4.78 is 26.3. The molecule has 0 saturated carbocycles. The zero-order chi connectivity index (χ0) is 14.5. The Morgan fingerprint density at radius 2 is 1.68 bits per heavy atom. The van der Waals surface area contributed by atoms with Crippen LogP contribution < -0.4 is 0 Å². The number of sulfonamides is 1. The average Bonchev–Trinajstić information content (AvgIpc) is 2.39. The largest absolute Gasteiger partial charge is 0.392 e. The number of benzene rings is 1. The highest BCUT2D eigenvalue weighted by Crippen LogP contribution is 2.16. The minimum absolute atomic E-state index is 0.0108. The van der Waals surface area contributed by atoms with E-state index in [4.69, 9.17) is 5.11 Å². The average molecular weight is 285 g/mol. The Balaban J connectivity index is 2.88. The third kappa shape index (κ3) is 4.30. The first-order valence-corrected chi connectivity index (χ1v) is 8.23. The van der Waals surface area contributed by atoms with E-state index in [1.165, 1.54) is 0 Å². The monoisotopic (exact) mass is 285 g/mol. The van der Waals surface area contributed by atoms with Crippen LogP contribution in [0.4, 0.5) is 0 Å². The van der Waals surface area contributed by atoms with Crippen molar-refractivity contribution in [2.45, 2.75) is 45.6 Å². The summed E-state index contributed by atoms with van der Waals surface area (Å²) >= 11 is 0. The van der Waals surface area contributed by atoms with Crippen LogP contribution in [-0.2, 0) is 22.4 Å². The summed E-state index contributed by atoms with van der Waals surface area (Å²) in [4.78, 5) is 0. The highest BCUT2D eigenvalue weighted by molar-refractivity contribution is 7.88. The molecule has 0 saturated heterocycles. The molecule has 1 aromatic carbocycles. The first kappa shape index (κ1) is 16.1. The van der Waals surface area contributed by atoms with E-state index in [0.29, 0.717) is 6.54 Å². The number of aliphatic hydroxyl groups excluding tert-OH is 1. The summed E-state index contributed by atoms with van der Waals surface area (Å²) in [6, 6.07) is 7.04. The van der Waals surface area contributed by atoms with E-state index >= 15 is 0 Å². The smallest absolute Gasteiger partial charge is 0.218 e. The van der Waals surface area contributed by atoms with Gasteiger partial charge < -0.3 is 5.11 Å². The lowest BCUT2D eigenvalue weighted by Crippen LogP contribution is -2.38. The molecule has 0 aliphatic carbocycles. The molecule has 4 nitrogen and oxygen atoms in total. The van der Waals surface area contributed by atoms with Crippen molar-refractivity contribution < 1.29 is 13.5 Å². The van der Waals surface area contributed by atoms with Crippen LogP contribution in [0.25, 0.3) is 0 Å². The molecule has 0 aliphatic heterocycles. The number of hydrogen-bond acceptors (Lipinski definition) is 3. The van der Waals surface area contributed by atoms with Gasteiger partial charge in [0, 0.05) is 12.6 Å². The van der Waals surface area contributed by atoms with Crippen LogP contribution >= 0.6 is 0 Å². The zero-order valence-electron chi connectivity index (χ0n) is 11.8. The van der Waals surface area contributed by atoms with Gasteiger partial charge in [-0.25, -0.2) is 8.42 Å². The molecule has 0 spiro atoms. The SMILES string of the molecule is CCC(C)N(CC)S(=O)(=O)Cc1ccc(CO)cc1. The Morgan fingerprint density at radius 1 is 1.16 bits per heavy atom. The Labute approximate surface area is 116 Å². The molecule has 0 amide bonds. The van der Waals surface area contributed by atoms with E-state index in [-0.39, 0.29) is 18.4 Å². The quantitative estimate of drug-likeness (QED) is 0.835. The molecule has 0 fully saturated rings. The van der Waals surface area contributed by atoms with Crippen molar-refractivity contribution in [1.29, 1.82) is 0 Å². The van der Waals surface area contributed by atoms with Gasteiger partial charge >= 0.3 is 0 Å². The van der Waals surface area contributed by atoms with Crippen LogP contribution in [0, 0.1) is 0 Å². The lowest BCUT2D eigenvalue weighted by molar-refractivity contribution is 0.282. The van der Waals surface area contributed by atoms with Gasteiger partial charge in [0.2, 0.25) is 10.0 Å². The molecular weight excluding hydrogens is 262 g/mol. The normalized spacial score (nSPS) is 13.7. The van der Waals surface area contributed by atoms with Crippen LogP contribution in [-0.4, -0.2) is 30.4 Å². The van der Waals surface area contributed by atoms with E-state index in [2.05, 4.69) is 0 Å². The van der Waals surface area contributed by atoms with Gasteiger partial charge in [-0.05, 0) is 24.5 Å². The van der Waals surface area contributed by atoms with Gasteiger partial charge in [-0.15, -0.1) is 0 Å². The summed E-state index contributed by atoms with van der Waals surface area (Å²) in [7, 11) is -3.29. The summed E-state index contributed by atoms with van der Waals surface area (Å²) in [5, 5.41) is 8.97. The Bertz CT molecular complexity index is 482. The predicted molar refractivity (Wildman–Crippen MR) is 77.1 cm³/mol. The number of rotatable bonds is 7. The Morgan fingerprint density at radius 3 is 2.11 bits per heavy atom. The molecule has 0 bridgehead atoms. The van der Waals surface area contributed by atoms with Gasteiger partial charge in [0.25, 0.3) is 0 Å². The van der Waals surface area contributed by atoms with Gasteiger partial charge in [0.15, 0.2) is 0 Å². The molecule has 0 radical (unpaired) electrons. The molecule has 1 atom stereocenters. The fourth-order valence-corrected chi connectivity index (χ4v) is 3.89. The van der Waals surface area contributed by atoms with Crippen LogP contribution in [0.1, 0.15) is 38.3 Å². The molecule has 0 aromatic heterocycles. The molecule has 0 aliphatic rings. The van der Waals surface area contributed by atoms with Crippen LogP contribution in [0.2, 0.25) is 0 Å². The molecule has 5 heteroatoms. The van der Waals surface area contributed by atoms with Gasteiger partial charge in [-0.2, -0.15) is 4.31 Å². The second-order valence-electron chi connectivity index (χ2n) is 4.69. The molecule has 1 unspecified atom stereocenters. The highest BCUT2D eigenvalue weighted by Gasteiger charge is 2.24. The van der Waals surface area contributed by atoms with E-state index in [0.717, 1.165) is 17.5 Å². The van der Waals surface area contributed by atoms with E-state index < -0.39 is 10.0 Å². The minimum Gasteiger partial charge on any atom is -0.392 e. The molecule has 0 heterocycles. The fraction of sp³-hybridized carbons (Fsp3) is 0.571. The predicted octanol–water partition coefficient (Wildman–Crippen LogP) is 2.13. The first-order valence-electron chi connectivity index (χ1n) is 6.62. The van der Waals surface area contributed by atoms with Crippen molar-refractivity contribution >= 4 is 10.0 Å². The number of nitrogens with zero attached hydrogens (tertiary/aromatic N) is 1. The molecule has 1 rings (SSSR count). The highest BCUT2D eigenvalue weighted by atomic mass is 32.2. The first-order chi connectivity index (χ1) is 8.94. The molecule has 1 aromatic rings. The van der Waals surface area contributed by atoms with E-state index in [1.54, 1.807) is 28.6 Å². The van der Waals surface area contributed by atoms with Crippen LogP contribution in [0.5, 0.6) is 0 Å².